The van der Waals surface area contributed by atoms with Crippen LogP contribution in [-0.2, 0) is 28.6 Å². The zero-order chi connectivity index (χ0) is 17.9. The first-order valence-corrected chi connectivity index (χ1v) is 6.91. The van der Waals surface area contributed by atoms with Crippen LogP contribution in [0.1, 0.15) is 20.8 Å². The van der Waals surface area contributed by atoms with Crippen LogP contribution < -0.4 is 5.32 Å². The average Bonchev–Trinajstić information content (AvgIpc) is 3.15. The van der Waals surface area contributed by atoms with Crippen molar-refractivity contribution in [1.82, 2.24) is 5.32 Å². The lowest BCUT2D eigenvalue weighted by molar-refractivity contribution is -0.148. The van der Waals surface area contributed by atoms with E-state index in [0.29, 0.717) is 0 Å². The summed E-state index contributed by atoms with van der Waals surface area (Å²) in [5, 5.41) is 11.5. The van der Waals surface area contributed by atoms with Gasteiger partial charge < -0.3 is 24.6 Å². The summed E-state index contributed by atoms with van der Waals surface area (Å²) in [6.07, 6.45) is -0.955. The number of ether oxygens (including phenoxy) is 3. The molecule has 0 aromatic rings. The molecule has 0 radical (unpaired) electrons. The Hall–Kier alpha value is -2.32. The average molecular weight is 331 g/mol. The third-order valence-electron chi connectivity index (χ3n) is 3.35. The fraction of sp³-hybridized carbons (Fsp3) is 0.714. The van der Waals surface area contributed by atoms with Crippen molar-refractivity contribution in [2.75, 3.05) is 14.2 Å². The Morgan fingerprint density at radius 1 is 1.00 bits per heavy atom. The first kappa shape index (κ1) is 18.7. The summed E-state index contributed by atoms with van der Waals surface area (Å²) in [6, 6.07) is -1.47. The molecule has 3 atom stereocenters. The molecule has 1 amide bonds. The summed E-state index contributed by atoms with van der Waals surface area (Å²) >= 11 is 0. The van der Waals surface area contributed by atoms with Gasteiger partial charge in [0.1, 0.15) is 11.6 Å². The highest BCUT2D eigenvalue weighted by Gasteiger charge is 2.65. The van der Waals surface area contributed by atoms with Crippen molar-refractivity contribution in [3.05, 3.63) is 0 Å². The molecule has 23 heavy (non-hydrogen) atoms. The van der Waals surface area contributed by atoms with E-state index in [2.05, 4.69) is 14.8 Å². The monoisotopic (exact) mass is 331 g/mol. The number of carbonyl (C=O) groups is 4. The van der Waals surface area contributed by atoms with Crippen LogP contribution in [0.15, 0.2) is 0 Å². The van der Waals surface area contributed by atoms with Crippen LogP contribution in [0.2, 0.25) is 0 Å². The molecule has 0 saturated heterocycles. The Bertz CT molecular complexity index is 487. The van der Waals surface area contributed by atoms with Gasteiger partial charge in [-0.05, 0) is 20.8 Å². The van der Waals surface area contributed by atoms with Gasteiger partial charge in [-0.1, -0.05) is 0 Å². The number of hydrogen-bond donors (Lipinski definition) is 2. The standard InChI is InChI=1S/C14H21NO8/c1-14(2,3)23-13(20)15-9(10(16)17)6-7(11(18)21-4)8(6)12(19)22-5/h6-9H,1-5H3,(H,15,20)(H,16,17). The quantitative estimate of drug-likeness (QED) is 0.539. The number of aliphatic carboxylic acids is 1. The predicted octanol–water partition coefficient (Wildman–Crippen LogP) is 0.172. The molecule has 0 spiro atoms. The number of carbonyl (C=O) groups excluding carboxylic acids is 3. The van der Waals surface area contributed by atoms with E-state index in [9.17, 15) is 24.3 Å². The summed E-state index contributed by atoms with van der Waals surface area (Å²) in [5.41, 5.74) is -0.819. The second kappa shape index (κ2) is 6.84. The Morgan fingerprint density at radius 2 is 1.43 bits per heavy atom. The van der Waals surface area contributed by atoms with Gasteiger partial charge in [-0.2, -0.15) is 0 Å². The fourth-order valence-corrected chi connectivity index (χ4v) is 2.39. The molecular weight excluding hydrogens is 310 g/mol. The summed E-state index contributed by atoms with van der Waals surface area (Å²) < 4.78 is 14.1. The second-order valence-corrected chi connectivity index (χ2v) is 6.14. The lowest BCUT2D eigenvalue weighted by Gasteiger charge is -2.22. The zero-order valence-electron chi connectivity index (χ0n) is 13.6. The van der Waals surface area contributed by atoms with Crippen LogP contribution in [0.3, 0.4) is 0 Å². The van der Waals surface area contributed by atoms with E-state index >= 15 is 0 Å². The van der Waals surface area contributed by atoms with Gasteiger partial charge in [0.25, 0.3) is 0 Å². The van der Waals surface area contributed by atoms with E-state index in [1.54, 1.807) is 20.8 Å². The van der Waals surface area contributed by atoms with Gasteiger partial charge in [0, 0.05) is 5.92 Å². The van der Waals surface area contributed by atoms with Crippen molar-refractivity contribution in [3.8, 4) is 0 Å². The molecule has 9 nitrogen and oxygen atoms in total. The maximum absolute atomic E-state index is 11.8. The molecule has 1 saturated carbocycles. The summed E-state index contributed by atoms with van der Waals surface area (Å²) in [4.78, 5) is 46.6. The number of esters is 2. The Labute approximate surface area is 133 Å². The molecule has 130 valence electrons. The van der Waals surface area contributed by atoms with Crippen molar-refractivity contribution in [1.29, 1.82) is 0 Å². The molecule has 2 N–H and O–H groups in total. The SMILES string of the molecule is COC(=O)C1C(C(=O)OC)C1C(NC(=O)OC(C)(C)C)C(=O)O. The van der Waals surface area contributed by atoms with E-state index in [1.165, 1.54) is 0 Å². The largest absolute Gasteiger partial charge is 0.480 e. The van der Waals surface area contributed by atoms with E-state index in [0.717, 1.165) is 14.2 Å². The third kappa shape index (κ3) is 4.57. The first-order chi connectivity index (χ1) is 10.5. The molecule has 9 heteroatoms. The van der Waals surface area contributed by atoms with Gasteiger partial charge in [-0.15, -0.1) is 0 Å². The number of carboxylic acids is 1. The van der Waals surface area contributed by atoms with Crippen LogP contribution in [0.25, 0.3) is 0 Å². The van der Waals surface area contributed by atoms with Gasteiger partial charge in [0.15, 0.2) is 0 Å². The maximum Gasteiger partial charge on any atom is 0.408 e. The van der Waals surface area contributed by atoms with Gasteiger partial charge in [0.2, 0.25) is 0 Å². The molecule has 1 aliphatic carbocycles. The van der Waals surface area contributed by atoms with Crippen molar-refractivity contribution in [3.63, 3.8) is 0 Å². The summed E-state index contributed by atoms with van der Waals surface area (Å²) in [6.45, 7) is 4.86. The normalized spacial score (nSPS) is 24.1. The summed E-state index contributed by atoms with van der Waals surface area (Å²) in [5.74, 6) is -5.78. The third-order valence-corrected chi connectivity index (χ3v) is 3.35. The van der Waals surface area contributed by atoms with Crippen molar-refractivity contribution in [2.24, 2.45) is 17.8 Å². The Balaban J connectivity index is 2.92. The van der Waals surface area contributed by atoms with Gasteiger partial charge >= 0.3 is 24.0 Å². The minimum Gasteiger partial charge on any atom is -0.480 e. The topological polar surface area (TPSA) is 128 Å². The van der Waals surface area contributed by atoms with Crippen LogP contribution in [0.5, 0.6) is 0 Å². The van der Waals surface area contributed by atoms with Gasteiger partial charge in [0.05, 0.1) is 26.1 Å². The van der Waals surface area contributed by atoms with E-state index in [-0.39, 0.29) is 0 Å². The molecule has 1 fully saturated rings. The van der Waals surface area contributed by atoms with E-state index in [4.69, 9.17) is 4.74 Å². The first-order valence-electron chi connectivity index (χ1n) is 6.91. The second-order valence-electron chi connectivity index (χ2n) is 6.14. The van der Waals surface area contributed by atoms with Gasteiger partial charge in [-0.25, -0.2) is 9.59 Å². The van der Waals surface area contributed by atoms with Crippen LogP contribution in [0, 0.1) is 17.8 Å². The highest BCUT2D eigenvalue weighted by molar-refractivity contribution is 5.92. The smallest absolute Gasteiger partial charge is 0.408 e. The van der Waals surface area contributed by atoms with E-state index < -0.39 is 53.4 Å². The number of nitrogens with one attached hydrogen (secondary N) is 1. The number of amides is 1. The molecule has 1 aliphatic rings. The van der Waals surface area contributed by atoms with E-state index in [1.807, 2.05) is 0 Å². The molecule has 0 bridgehead atoms. The highest BCUT2D eigenvalue weighted by Crippen LogP contribution is 2.50. The molecule has 0 aromatic carbocycles. The number of rotatable bonds is 5. The van der Waals surface area contributed by atoms with Gasteiger partial charge in [-0.3, -0.25) is 9.59 Å². The number of hydrogen-bond acceptors (Lipinski definition) is 7. The summed E-state index contributed by atoms with van der Waals surface area (Å²) in [7, 11) is 2.26. The zero-order valence-corrected chi connectivity index (χ0v) is 13.6. The fourth-order valence-electron chi connectivity index (χ4n) is 2.39. The lowest BCUT2D eigenvalue weighted by atomic mass is 10.1. The van der Waals surface area contributed by atoms with Crippen molar-refractivity contribution >= 4 is 24.0 Å². The Morgan fingerprint density at radius 3 is 1.74 bits per heavy atom. The van der Waals surface area contributed by atoms with Crippen molar-refractivity contribution < 1.29 is 38.5 Å². The molecule has 0 heterocycles. The predicted molar refractivity (Wildman–Crippen MR) is 75.3 cm³/mol. The van der Waals surface area contributed by atoms with Crippen LogP contribution >= 0.6 is 0 Å². The van der Waals surface area contributed by atoms with Crippen LogP contribution in [-0.4, -0.2) is 55.0 Å². The lowest BCUT2D eigenvalue weighted by Crippen LogP contribution is -2.45. The molecule has 3 unspecified atom stereocenters. The number of methoxy groups -OCH3 is 2. The van der Waals surface area contributed by atoms with Crippen molar-refractivity contribution in [2.45, 2.75) is 32.4 Å². The number of carboxylic acid groups (broad SMARTS) is 1. The molecule has 0 aromatic heterocycles. The molecule has 0 aliphatic heterocycles. The highest BCUT2D eigenvalue weighted by atomic mass is 16.6. The minimum absolute atomic E-state index is 0.734. The molecule has 1 rings (SSSR count). The molecular formula is C14H21NO8. The van der Waals surface area contributed by atoms with Crippen LogP contribution in [0.4, 0.5) is 4.79 Å². The maximum atomic E-state index is 11.8. The Kier molecular flexibility index (Phi) is 5.57. The minimum atomic E-state index is -1.47. The number of alkyl carbamates (subject to hydrolysis) is 1.